The predicted molar refractivity (Wildman–Crippen MR) is 43.1 cm³/mol. The Labute approximate surface area is 66.4 Å². The summed E-state index contributed by atoms with van der Waals surface area (Å²) in [7, 11) is 0. The second-order valence-electron chi connectivity index (χ2n) is 2.16. The van der Waals surface area contributed by atoms with Gasteiger partial charge in [-0.05, 0) is 6.42 Å². The summed E-state index contributed by atoms with van der Waals surface area (Å²) >= 11 is 3.70. The van der Waals surface area contributed by atoms with Gasteiger partial charge in [0, 0.05) is 0 Å². The number of carboxylic acid groups (broad SMARTS) is 1. The van der Waals surface area contributed by atoms with E-state index in [1.807, 2.05) is 6.92 Å². The van der Waals surface area contributed by atoms with Crippen LogP contribution in [0.15, 0.2) is 0 Å². The van der Waals surface area contributed by atoms with Gasteiger partial charge >= 0.3 is 5.97 Å². The second-order valence-corrected chi connectivity index (χ2v) is 2.42. The molecule has 10 heavy (non-hydrogen) atoms. The maximum atomic E-state index is 10.3. The van der Waals surface area contributed by atoms with E-state index in [9.17, 15) is 4.79 Å². The average molecular weight is 163 g/mol. The minimum absolute atomic E-state index is 0.497. The third-order valence-corrected chi connectivity index (χ3v) is 1.61. The van der Waals surface area contributed by atoms with E-state index in [1.165, 1.54) is 0 Å². The fourth-order valence-electron chi connectivity index (χ4n) is 0.651. The fourth-order valence-corrected chi connectivity index (χ4v) is 0.891. The van der Waals surface area contributed by atoms with Crippen molar-refractivity contribution in [2.45, 2.75) is 32.2 Å². The van der Waals surface area contributed by atoms with E-state index in [1.54, 1.807) is 0 Å². The van der Waals surface area contributed by atoms with Crippen LogP contribution in [0.1, 0.15) is 26.2 Å². The summed E-state index contributed by atoms with van der Waals surface area (Å²) in [6.45, 7) is 2.03. The maximum absolute atomic E-state index is 10.3. The molecule has 0 saturated heterocycles. The van der Waals surface area contributed by atoms with Crippen molar-refractivity contribution >= 4 is 18.8 Å². The van der Waals surface area contributed by atoms with Gasteiger partial charge < -0.3 is 5.11 Å². The first-order valence-corrected chi connectivity index (χ1v) is 3.79. The number of nitrogens with one attached hydrogen (secondary N) is 1. The molecule has 0 aliphatic carbocycles. The highest BCUT2D eigenvalue weighted by molar-refractivity contribution is 7.78. The summed E-state index contributed by atoms with van der Waals surface area (Å²) in [4.78, 5) is 10.3. The molecular formula is C6H13NO2S. The molecule has 0 aromatic rings. The third kappa shape index (κ3) is 3.74. The molecule has 2 N–H and O–H groups in total. The van der Waals surface area contributed by atoms with Crippen LogP contribution in [-0.4, -0.2) is 17.1 Å². The Balaban J connectivity index is 3.50. The summed E-state index contributed by atoms with van der Waals surface area (Å²) in [5.41, 5.74) is 0. The number of hydrogen-bond acceptors (Lipinski definition) is 3. The van der Waals surface area contributed by atoms with Crippen molar-refractivity contribution in [1.82, 2.24) is 4.72 Å². The monoisotopic (exact) mass is 163 g/mol. The highest BCUT2D eigenvalue weighted by Crippen LogP contribution is 2.00. The molecule has 1 atom stereocenters. The van der Waals surface area contributed by atoms with Crippen LogP contribution in [0.2, 0.25) is 0 Å². The van der Waals surface area contributed by atoms with Gasteiger partial charge in [0.1, 0.15) is 6.04 Å². The predicted octanol–water partition coefficient (Wildman–Crippen LogP) is 1.06. The maximum Gasteiger partial charge on any atom is 0.321 e. The number of aliphatic carboxylic acids is 1. The number of carbonyl (C=O) groups is 1. The lowest BCUT2D eigenvalue weighted by atomic mass is 10.1. The van der Waals surface area contributed by atoms with E-state index >= 15 is 0 Å². The number of unbranched alkanes of at least 4 members (excludes halogenated alkanes) is 1. The summed E-state index contributed by atoms with van der Waals surface area (Å²) in [6.07, 6.45) is 2.58. The van der Waals surface area contributed by atoms with Gasteiger partial charge in [0.05, 0.1) is 0 Å². The molecule has 0 bridgehead atoms. The smallest absolute Gasteiger partial charge is 0.321 e. The Kier molecular flexibility index (Phi) is 5.43. The van der Waals surface area contributed by atoms with Crippen LogP contribution in [0.4, 0.5) is 0 Å². The van der Waals surface area contributed by atoms with E-state index in [4.69, 9.17) is 5.11 Å². The zero-order valence-electron chi connectivity index (χ0n) is 6.00. The number of carboxylic acids is 1. The van der Waals surface area contributed by atoms with E-state index in [0.717, 1.165) is 12.8 Å². The highest BCUT2D eigenvalue weighted by Gasteiger charge is 2.13. The summed E-state index contributed by atoms with van der Waals surface area (Å²) in [5, 5.41) is 8.49. The largest absolute Gasteiger partial charge is 0.480 e. The minimum Gasteiger partial charge on any atom is -0.480 e. The molecule has 0 heterocycles. The molecule has 0 aliphatic rings. The van der Waals surface area contributed by atoms with E-state index in [-0.39, 0.29) is 0 Å². The molecule has 0 aliphatic heterocycles. The van der Waals surface area contributed by atoms with E-state index < -0.39 is 12.0 Å². The van der Waals surface area contributed by atoms with Gasteiger partial charge in [-0.2, -0.15) is 0 Å². The molecule has 0 radical (unpaired) electrons. The topological polar surface area (TPSA) is 49.3 Å². The molecule has 3 nitrogen and oxygen atoms in total. The van der Waals surface area contributed by atoms with Crippen LogP contribution in [0.25, 0.3) is 0 Å². The van der Waals surface area contributed by atoms with Gasteiger partial charge in [-0.1, -0.05) is 32.6 Å². The van der Waals surface area contributed by atoms with Crippen molar-refractivity contribution in [3.8, 4) is 0 Å². The molecule has 0 fully saturated rings. The van der Waals surface area contributed by atoms with Crippen molar-refractivity contribution < 1.29 is 9.90 Å². The first kappa shape index (κ1) is 9.78. The van der Waals surface area contributed by atoms with Crippen LogP contribution in [0.5, 0.6) is 0 Å². The van der Waals surface area contributed by atoms with Gasteiger partial charge in [-0.3, -0.25) is 9.52 Å². The van der Waals surface area contributed by atoms with Crippen LogP contribution in [0, 0.1) is 0 Å². The van der Waals surface area contributed by atoms with Gasteiger partial charge in [-0.25, -0.2) is 0 Å². The van der Waals surface area contributed by atoms with Crippen LogP contribution >= 0.6 is 12.8 Å². The zero-order chi connectivity index (χ0) is 7.98. The van der Waals surface area contributed by atoms with E-state index in [2.05, 4.69) is 17.5 Å². The molecule has 0 unspecified atom stereocenters. The Morgan fingerprint density at radius 3 is 2.70 bits per heavy atom. The van der Waals surface area contributed by atoms with Crippen molar-refractivity contribution in [3.05, 3.63) is 0 Å². The van der Waals surface area contributed by atoms with Crippen molar-refractivity contribution in [3.63, 3.8) is 0 Å². The van der Waals surface area contributed by atoms with Gasteiger partial charge in [0.25, 0.3) is 0 Å². The first-order chi connectivity index (χ1) is 4.72. The quantitative estimate of drug-likeness (QED) is 0.531. The Bertz CT molecular complexity index is 108. The summed E-state index contributed by atoms with van der Waals surface area (Å²) in [6, 6.07) is -0.497. The number of hydrogen-bond donors (Lipinski definition) is 3. The molecule has 0 spiro atoms. The van der Waals surface area contributed by atoms with Crippen LogP contribution in [0.3, 0.4) is 0 Å². The Hall–Kier alpha value is -0.220. The number of thiol groups is 1. The Morgan fingerprint density at radius 2 is 2.40 bits per heavy atom. The molecule has 4 heteroatoms. The molecule has 0 amide bonds. The molecule has 0 aromatic carbocycles. The summed E-state index contributed by atoms with van der Waals surface area (Å²) < 4.78 is 2.43. The average Bonchev–Trinajstić information content (AvgIpc) is 1.89. The Morgan fingerprint density at radius 1 is 1.80 bits per heavy atom. The second kappa shape index (κ2) is 5.56. The highest BCUT2D eigenvalue weighted by atomic mass is 32.1. The lowest BCUT2D eigenvalue weighted by molar-refractivity contribution is -0.139. The molecule has 60 valence electrons. The van der Waals surface area contributed by atoms with E-state index in [0.29, 0.717) is 6.42 Å². The van der Waals surface area contributed by atoms with Gasteiger partial charge in [0.15, 0.2) is 0 Å². The normalized spacial score (nSPS) is 13.0. The minimum atomic E-state index is -0.830. The summed E-state index contributed by atoms with van der Waals surface area (Å²) in [5.74, 6) is -0.830. The molecule has 0 aromatic heterocycles. The first-order valence-electron chi connectivity index (χ1n) is 3.34. The number of rotatable bonds is 5. The molecule has 0 saturated carbocycles. The zero-order valence-corrected chi connectivity index (χ0v) is 6.90. The molecule has 0 rings (SSSR count). The van der Waals surface area contributed by atoms with Crippen LogP contribution < -0.4 is 4.72 Å². The van der Waals surface area contributed by atoms with Gasteiger partial charge in [0.2, 0.25) is 0 Å². The molecular weight excluding hydrogens is 150 g/mol. The lowest BCUT2D eigenvalue weighted by Gasteiger charge is -2.07. The van der Waals surface area contributed by atoms with Gasteiger partial charge in [-0.15, -0.1) is 0 Å². The van der Waals surface area contributed by atoms with Crippen molar-refractivity contribution in [1.29, 1.82) is 0 Å². The standard InChI is InChI=1S/C6H13NO2S/c1-2-3-4-5(7-10)6(8)9/h5,7,10H,2-4H2,1H3,(H,8,9)/t5-/m0/s1. The third-order valence-electron chi connectivity index (χ3n) is 1.30. The lowest BCUT2D eigenvalue weighted by Crippen LogP contribution is -2.30. The SMILES string of the molecule is CCCC[C@H](NS)C(=O)O. The van der Waals surface area contributed by atoms with Crippen LogP contribution in [-0.2, 0) is 4.79 Å². The van der Waals surface area contributed by atoms with Crippen molar-refractivity contribution in [2.75, 3.05) is 0 Å². The van der Waals surface area contributed by atoms with Crippen molar-refractivity contribution in [2.24, 2.45) is 0 Å². The fraction of sp³-hybridized carbons (Fsp3) is 0.833.